The summed E-state index contributed by atoms with van der Waals surface area (Å²) in [6.45, 7) is 0.661. The number of nitrogens with zero attached hydrogens (tertiary/aromatic N) is 4. The monoisotopic (exact) mass is 546 g/mol. The number of ether oxygens (including phenoxy) is 2. The summed E-state index contributed by atoms with van der Waals surface area (Å²) >= 11 is 6.44. The molecule has 2 aromatic heterocycles. The molecule has 4 heterocycles. The highest BCUT2D eigenvalue weighted by Crippen LogP contribution is 2.45. The highest BCUT2D eigenvalue weighted by Gasteiger charge is 2.51. The molecule has 2 fully saturated rings. The van der Waals surface area contributed by atoms with E-state index in [9.17, 15) is 13.6 Å². The molecule has 2 aliphatic heterocycles. The zero-order valence-corrected chi connectivity index (χ0v) is 21.9. The number of rotatable bonds is 5. The van der Waals surface area contributed by atoms with E-state index in [1.165, 1.54) is 4.57 Å². The fourth-order valence-corrected chi connectivity index (χ4v) is 5.47. The highest BCUT2D eigenvalue weighted by molar-refractivity contribution is 6.32. The average molecular weight is 547 g/mol. The number of nitrogens with one attached hydrogen (secondary N) is 2. The molecule has 12 heteroatoms. The van der Waals surface area contributed by atoms with Gasteiger partial charge in [0.1, 0.15) is 5.02 Å². The molecule has 2 unspecified atom stereocenters. The van der Waals surface area contributed by atoms with Gasteiger partial charge in [-0.3, -0.25) is 4.79 Å². The van der Waals surface area contributed by atoms with Crippen molar-refractivity contribution in [2.75, 3.05) is 42.3 Å². The molecule has 202 valence electrons. The van der Waals surface area contributed by atoms with Crippen molar-refractivity contribution in [2.24, 2.45) is 13.0 Å². The van der Waals surface area contributed by atoms with E-state index in [4.69, 9.17) is 21.1 Å². The number of hydrogen-bond acceptors (Lipinski definition) is 8. The van der Waals surface area contributed by atoms with Crippen LogP contribution in [0.2, 0.25) is 5.02 Å². The minimum absolute atomic E-state index is 0.0971. The smallest absolute Gasteiger partial charge is 0.301 e. The number of pyridine rings is 1. The van der Waals surface area contributed by atoms with Crippen molar-refractivity contribution in [3.63, 3.8) is 0 Å². The molecule has 0 bridgehead atoms. The summed E-state index contributed by atoms with van der Waals surface area (Å²) in [5.74, 6) is -2.40. The van der Waals surface area contributed by atoms with Crippen LogP contribution in [0.3, 0.4) is 0 Å². The Bertz CT molecular complexity index is 1450. The van der Waals surface area contributed by atoms with Crippen LogP contribution >= 0.6 is 11.6 Å². The molecule has 3 aromatic rings. The Morgan fingerprint density at radius 1 is 1.29 bits per heavy atom. The number of aryl methyl sites for hydroxylation is 1. The zero-order chi connectivity index (χ0) is 26.6. The van der Waals surface area contributed by atoms with Gasteiger partial charge >= 0.3 is 5.92 Å². The number of hydrogen-bond donors (Lipinski definition) is 2. The molecular formula is C26H29ClF2N6O3. The molecule has 6 rings (SSSR count). The molecule has 1 aromatic carbocycles. The molecule has 2 atom stereocenters. The predicted octanol–water partition coefficient (Wildman–Crippen LogP) is 4.56. The first-order valence-electron chi connectivity index (χ1n) is 12.8. The summed E-state index contributed by atoms with van der Waals surface area (Å²) in [6, 6.07) is 4.24. The van der Waals surface area contributed by atoms with Crippen LogP contribution in [0.1, 0.15) is 25.7 Å². The number of anilines is 4. The van der Waals surface area contributed by atoms with Crippen LogP contribution in [-0.4, -0.2) is 59.4 Å². The normalized spacial score (nSPS) is 22.8. The van der Waals surface area contributed by atoms with Gasteiger partial charge in [-0.1, -0.05) is 11.6 Å². The Hall–Kier alpha value is -3.18. The topological polar surface area (TPSA) is 93.5 Å². The van der Waals surface area contributed by atoms with E-state index in [2.05, 4.69) is 25.5 Å². The Labute approximate surface area is 223 Å². The number of fused-ring (bicyclic) bond motifs is 3. The summed E-state index contributed by atoms with van der Waals surface area (Å²) in [4.78, 5) is 24.2. The molecule has 0 radical (unpaired) electrons. The quantitative estimate of drug-likeness (QED) is 0.481. The van der Waals surface area contributed by atoms with Crippen molar-refractivity contribution >= 4 is 45.6 Å². The van der Waals surface area contributed by atoms with Gasteiger partial charge in [-0.2, -0.15) is 4.98 Å². The fraction of sp³-hybridized carbons (Fsp3) is 0.500. The fourth-order valence-electron chi connectivity index (χ4n) is 5.33. The van der Waals surface area contributed by atoms with Crippen LogP contribution in [-0.2, 0) is 11.8 Å². The van der Waals surface area contributed by atoms with E-state index in [0.29, 0.717) is 39.9 Å². The van der Waals surface area contributed by atoms with Crippen molar-refractivity contribution in [1.29, 1.82) is 0 Å². The lowest BCUT2D eigenvalue weighted by Gasteiger charge is -2.32. The summed E-state index contributed by atoms with van der Waals surface area (Å²) < 4.78 is 42.2. The number of alkyl halides is 2. The lowest BCUT2D eigenvalue weighted by atomic mass is 10.0. The molecule has 1 saturated heterocycles. The van der Waals surface area contributed by atoms with Crippen LogP contribution < -0.4 is 25.8 Å². The third-order valence-electron chi connectivity index (χ3n) is 7.60. The molecule has 38 heavy (non-hydrogen) atoms. The molecule has 1 aliphatic carbocycles. The van der Waals surface area contributed by atoms with Gasteiger partial charge in [-0.15, -0.1) is 0 Å². The molecule has 3 aliphatic rings. The SMILES string of the molecule is COC1CCCN(c2ncc(Cl)c(Nc3ccc4c(c3)c3c(c(=O)n4C)OCC(F)(F)C(C4CC4)N3)n2)C1. The second-order valence-electron chi connectivity index (χ2n) is 10.2. The van der Waals surface area contributed by atoms with E-state index in [0.717, 1.165) is 32.2 Å². The van der Waals surface area contributed by atoms with Crippen molar-refractivity contribution in [2.45, 2.75) is 43.8 Å². The minimum atomic E-state index is -3.10. The number of benzene rings is 1. The minimum Gasteiger partial charge on any atom is -0.480 e. The van der Waals surface area contributed by atoms with E-state index in [-0.39, 0.29) is 23.5 Å². The van der Waals surface area contributed by atoms with Gasteiger partial charge < -0.3 is 29.6 Å². The van der Waals surface area contributed by atoms with Crippen molar-refractivity contribution in [1.82, 2.24) is 14.5 Å². The number of aromatic nitrogens is 3. The van der Waals surface area contributed by atoms with E-state index in [1.54, 1.807) is 38.6 Å². The van der Waals surface area contributed by atoms with E-state index in [1.807, 2.05) is 0 Å². The van der Waals surface area contributed by atoms with Gasteiger partial charge in [-0.25, -0.2) is 13.8 Å². The van der Waals surface area contributed by atoms with Crippen molar-refractivity contribution < 1.29 is 18.3 Å². The number of piperidine rings is 1. The van der Waals surface area contributed by atoms with Crippen LogP contribution in [0.4, 0.5) is 31.9 Å². The first-order chi connectivity index (χ1) is 18.2. The van der Waals surface area contributed by atoms with Gasteiger partial charge in [0.2, 0.25) is 11.7 Å². The molecule has 1 saturated carbocycles. The number of halogens is 3. The van der Waals surface area contributed by atoms with Gasteiger partial charge in [0.25, 0.3) is 5.56 Å². The Balaban J connectivity index is 1.37. The third kappa shape index (κ3) is 4.51. The third-order valence-corrected chi connectivity index (χ3v) is 7.88. The van der Waals surface area contributed by atoms with Gasteiger partial charge in [-0.05, 0) is 49.8 Å². The van der Waals surface area contributed by atoms with Gasteiger partial charge in [0.15, 0.2) is 12.4 Å². The average Bonchev–Trinajstić information content (AvgIpc) is 3.76. The Kier molecular flexibility index (Phi) is 6.30. The van der Waals surface area contributed by atoms with Crippen LogP contribution in [0.15, 0.2) is 29.2 Å². The van der Waals surface area contributed by atoms with Crippen molar-refractivity contribution in [3.8, 4) is 5.75 Å². The lowest BCUT2D eigenvalue weighted by Crippen LogP contribution is -2.44. The van der Waals surface area contributed by atoms with Gasteiger partial charge in [0.05, 0.1) is 29.5 Å². The number of methoxy groups -OCH3 is 1. The van der Waals surface area contributed by atoms with Gasteiger partial charge in [0, 0.05) is 38.3 Å². The molecule has 2 N–H and O–H groups in total. The maximum atomic E-state index is 14.9. The van der Waals surface area contributed by atoms with Crippen LogP contribution in [0.5, 0.6) is 5.75 Å². The predicted molar refractivity (Wildman–Crippen MR) is 142 cm³/mol. The summed E-state index contributed by atoms with van der Waals surface area (Å²) in [6.07, 6.45) is 5.06. The Morgan fingerprint density at radius 3 is 2.87 bits per heavy atom. The van der Waals surface area contributed by atoms with Crippen LogP contribution in [0.25, 0.3) is 10.9 Å². The molecule has 0 amide bonds. The second kappa shape index (κ2) is 9.53. The molecule has 0 spiro atoms. The summed E-state index contributed by atoms with van der Waals surface area (Å²) in [7, 11) is 3.30. The van der Waals surface area contributed by atoms with Crippen LogP contribution in [0, 0.1) is 5.92 Å². The Morgan fingerprint density at radius 2 is 2.11 bits per heavy atom. The maximum Gasteiger partial charge on any atom is 0.301 e. The standard InChI is InChI=1S/C26H29ClF2N6O3/c1-34-19-8-7-15(31-23-18(27)11-30-25(33-23)35-9-3-4-16(12-35)37-2)10-17(19)20-21(24(34)36)38-13-26(28,29)22(32-20)14-5-6-14/h7-8,10-11,14,16,22,32H,3-6,9,12-13H2,1-2H3,(H,30,31,33). The van der Waals surface area contributed by atoms with Crippen molar-refractivity contribution in [3.05, 3.63) is 39.8 Å². The van der Waals surface area contributed by atoms with E-state index >= 15 is 0 Å². The molecular weight excluding hydrogens is 518 g/mol. The lowest BCUT2D eigenvalue weighted by molar-refractivity contribution is -0.0579. The highest BCUT2D eigenvalue weighted by atomic mass is 35.5. The summed E-state index contributed by atoms with van der Waals surface area (Å²) in [5.41, 5.74) is 1.03. The summed E-state index contributed by atoms with van der Waals surface area (Å²) in [5, 5.41) is 7.16. The largest absolute Gasteiger partial charge is 0.480 e. The zero-order valence-electron chi connectivity index (χ0n) is 21.1. The first kappa shape index (κ1) is 25.1. The second-order valence-corrected chi connectivity index (χ2v) is 10.7. The maximum absolute atomic E-state index is 14.9. The first-order valence-corrected chi connectivity index (χ1v) is 13.1. The van der Waals surface area contributed by atoms with E-state index < -0.39 is 24.1 Å². The molecule has 9 nitrogen and oxygen atoms in total.